The summed E-state index contributed by atoms with van der Waals surface area (Å²) in [6, 6.07) is 0.805. The predicted molar refractivity (Wildman–Crippen MR) is 74.8 cm³/mol. The van der Waals surface area contributed by atoms with E-state index in [-0.39, 0.29) is 0 Å². The standard InChI is InChI=1S/C13H26N2OS/c1(2-5-14-13-4-11-17-12-13)3-6-15-7-9-16-10-8-15/h13-14H,1-12H2. The Morgan fingerprint density at radius 3 is 2.82 bits per heavy atom. The maximum Gasteiger partial charge on any atom is 0.0594 e. The molecule has 17 heavy (non-hydrogen) atoms. The van der Waals surface area contributed by atoms with Crippen molar-refractivity contribution in [1.29, 1.82) is 0 Å². The Morgan fingerprint density at radius 2 is 2.06 bits per heavy atom. The molecular formula is C13H26N2OS. The third-order valence-corrected chi connectivity index (χ3v) is 4.78. The number of morpholine rings is 1. The topological polar surface area (TPSA) is 24.5 Å². The van der Waals surface area contributed by atoms with E-state index in [9.17, 15) is 0 Å². The number of hydrogen-bond acceptors (Lipinski definition) is 4. The van der Waals surface area contributed by atoms with Crippen LogP contribution in [0.15, 0.2) is 0 Å². The Hall–Kier alpha value is 0.230. The zero-order valence-corrected chi connectivity index (χ0v) is 11.6. The first-order valence-electron chi connectivity index (χ1n) is 7.06. The van der Waals surface area contributed by atoms with Gasteiger partial charge in [-0.1, -0.05) is 6.42 Å². The summed E-state index contributed by atoms with van der Waals surface area (Å²) in [7, 11) is 0. The molecule has 2 aliphatic rings. The largest absolute Gasteiger partial charge is 0.379 e. The zero-order valence-electron chi connectivity index (χ0n) is 10.8. The summed E-state index contributed by atoms with van der Waals surface area (Å²) in [6.07, 6.45) is 5.43. The van der Waals surface area contributed by atoms with Crippen molar-refractivity contribution in [3.8, 4) is 0 Å². The quantitative estimate of drug-likeness (QED) is 0.701. The minimum atomic E-state index is 0.805. The van der Waals surface area contributed by atoms with Crippen LogP contribution in [0, 0.1) is 0 Å². The molecule has 2 heterocycles. The molecule has 0 aromatic carbocycles. The molecule has 0 spiro atoms. The molecule has 3 nitrogen and oxygen atoms in total. The van der Waals surface area contributed by atoms with E-state index in [1.165, 1.54) is 50.3 Å². The molecular weight excluding hydrogens is 232 g/mol. The van der Waals surface area contributed by atoms with E-state index in [1.807, 2.05) is 0 Å². The van der Waals surface area contributed by atoms with Crippen LogP contribution in [0.25, 0.3) is 0 Å². The van der Waals surface area contributed by atoms with Crippen molar-refractivity contribution in [3.63, 3.8) is 0 Å². The lowest BCUT2D eigenvalue weighted by molar-refractivity contribution is 0.0371. The monoisotopic (exact) mass is 258 g/mol. The molecule has 0 aliphatic carbocycles. The highest BCUT2D eigenvalue weighted by atomic mass is 32.2. The Morgan fingerprint density at radius 1 is 1.18 bits per heavy atom. The number of rotatable bonds is 7. The van der Waals surface area contributed by atoms with Crippen LogP contribution in [0.3, 0.4) is 0 Å². The molecule has 1 N–H and O–H groups in total. The molecule has 2 aliphatic heterocycles. The smallest absolute Gasteiger partial charge is 0.0594 e. The van der Waals surface area contributed by atoms with Crippen LogP contribution < -0.4 is 5.32 Å². The van der Waals surface area contributed by atoms with Crippen LogP contribution in [0.1, 0.15) is 25.7 Å². The number of unbranched alkanes of at least 4 members (excludes halogenated alkanes) is 2. The zero-order chi connectivity index (χ0) is 11.8. The number of hydrogen-bond donors (Lipinski definition) is 1. The van der Waals surface area contributed by atoms with Crippen LogP contribution in [-0.2, 0) is 4.74 Å². The van der Waals surface area contributed by atoms with E-state index >= 15 is 0 Å². The van der Waals surface area contributed by atoms with Crippen LogP contribution in [0.2, 0.25) is 0 Å². The molecule has 2 rings (SSSR count). The van der Waals surface area contributed by atoms with Crippen molar-refractivity contribution in [2.45, 2.75) is 31.7 Å². The van der Waals surface area contributed by atoms with Gasteiger partial charge in [-0.25, -0.2) is 0 Å². The Bertz CT molecular complexity index is 192. The normalized spacial score (nSPS) is 26.5. The Balaban J connectivity index is 1.38. The molecule has 2 saturated heterocycles. The van der Waals surface area contributed by atoms with Gasteiger partial charge in [-0.3, -0.25) is 4.90 Å². The highest BCUT2D eigenvalue weighted by molar-refractivity contribution is 7.99. The Kier molecular flexibility index (Phi) is 6.71. The minimum absolute atomic E-state index is 0.805. The van der Waals surface area contributed by atoms with Crippen molar-refractivity contribution in [3.05, 3.63) is 0 Å². The average molecular weight is 258 g/mol. The molecule has 1 unspecified atom stereocenters. The number of nitrogens with zero attached hydrogens (tertiary/aromatic N) is 1. The summed E-state index contributed by atoms with van der Waals surface area (Å²) < 4.78 is 5.35. The van der Waals surface area contributed by atoms with E-state index in [1.54, 1.807) is 0 Å². The first kappa shape index (κ1) is 13.7. The molecule has 1 atom stereocenters. The lowest BCUT2D eigenvalue weighted by Crippen LogP contribution is -2.36. The second-order valence-electron chi connectivity index (χ2n) is 5.03. The summed E-state index contributed by atoms with van der Waals surface area (Å²) in [5, 5.41) is 3.67. The fraction of sp³-hybridized carbons (Fsp3) is 1.00. The lowest BCUT2D eigenvalue weighted by Gasteiger charge is -2.26. The van der Waals surface area contributed by atoms with E-state index < -0.39 is 0 Å². The fourth-order valence-electron chi connectivity index (χ4n) is 2.46. The van der Waals surface area contributed by atoms with Gasteiger partial charge < -0.3 is 10.1 Å². The second-order valence-corrected chi connectivity index (χ2v) is 6.18. The second kappa shape index (κ2) is 8.35. The van der Waals surface area contributed by atoms with E-state index in [2.05, 4.69) is 22.0 Å². The first-order valence-corrected chi connectivity index (χ1v) is 8.22. The number of nitrogens with one attached hydrogen (secondary N) is 1. The summed E-state index contributed by atoms with van der Waals surface area (Å²) in [4.78, 5) is 2.53. The molecule has 100 valence electrons. The number of ether oxygens (including phenoxy) is 1. The van der Waals surface area contributed by atoms with Gasteiger partial charge >= 0.3 is 0 Å². The van der Waals surface area contributed by atoms with Gasteiger partial charge in [-0.15, -0.1) is 0 Å². The van der Waals surface area contributed by atoms with E-state index in [4.69, 9.17) is 4.74 Å². The molecule has 0 aromatic heterocycles. The van der Waals surface area contributed by atoms with Crippen molar-refractivity contribution in [2.75, 3.05) is 50.9 Å². The summed E-state index contributed by atoms with van der Waals surface area (Å²) in [5.41, 5.74) is 0. The molecule has 0 bridgehead atoms. The van der Waals surface area contributed by atoms with E-state index in [0.29, 0.717) is 0 Å². The van der Waals surface area contributed by atoms with Gasteiger partial charge in [0.05, 0.1) is 13.2 Å². The van der Waals surface area contributed by atoms with Crippen LogP contribution in [0.5, 0.6) is 0 Å². The van der Waals surface area contributed by atoms with Gasteiger partial charge in [0, 0.05) is 24.9 Å². The van der Waals surface area contributed by atoms with Crippen molar-refractivity contribution in [2.24, 2.45) is 0 Å². The molecule has 2 fully saturated rings. The fourth-order valence-corrected chi connectivity index (χ4v) is 3.65. The molecule has 0 radical (unpaired) electrons. The van der Waals surface area contributed by atoms with Crippen LogP contribution >= 0.6 is 11.8 Å². The third kappa shape index (κ3) is 5.60. The van der Waals surface area contributed by atoms with Crippen molar-refractivity contribution in [1.82, 2.24) is 10.2 Å². The molecule has 0 aromatic rings. The van der Waals surface area contributed by atoms with Crippen LogP contribution in [-0.4, -0.2) is 61.8 Å². The molecule has 0 saturated carbocycles. The van der Waals surface area contributed by atoms with Crippen molar-refractivity contribution >= 4 is 11.8 Å². The van der Waals surface area contributed by atoms with Gasteiger partial charge in [0.25, 0.3) is 0 Å². The van der Waals surface area contributed by atoms with Gasteiger partial charge in [0.15, 0.2) is 0 Å². The maximum atomic E-state index is 5.35. The minimum Gasteiger partial charge on any atom is -0.379 e. The highest BCUT2D eigenvalue weighted by Gasteiger charge is 2.13. The first-order chi connectivity index (χ1) is 8.45. The predicted octanol–water partition coefficient (Wildman–Crippen LogP) is 1.58. The molecule has 4 heteroatoms. The van der Waals surface area contributed by atoms with Crippen LogP contribution in [0.4, 0.5) is 0 Å². The lowest BCUT2D eigenvalue weighted by atomic mass is 10.2. The highest BCUT2D eigenvalue weighted by Crippen LogP contribution is 2.16. The van der Waals surface area contributed by atoms with Gasteiger partial charge in [-0.05, 0) is 38.1 Å². The average Bonchev–Trinajstić information content (AvgIpc) is 2.88. The maximum absolute atomic E-state index is 5.35. The SMILES string of the molecule is C(CCNC1CCSC1)CCN1CCOCC1. The third-order valence-electron chi connectivity index (χ3n) is 3.62. The van der Waals surface area contributed by atoms with Gasteiger partial charge in [0.2, 0.25) is 0 Å². The van der Waals surface area contributed by atoms with E-state index in [0.717, 1.165) is 32.3 Å². The summed E-state index contributed by atoms with van der Waals surface area (Å²) >= 11 is 2.09. The number of thioether (sulfide) groups is 1. The molecule has 0 amide bonds. The Labute approximate surface area is 110 Å². The van der Waals surface area contributed by atoms with Gasteiger partial charge in [0.1, 0.15) is 0 Å². The summed E-state index contributed by atoms with van der Waals surface area (Å²) in [5.74, 6) is 2.68. The van der Waals surface area contributed by atoms with Crippen molar-refractivity contribution < 1.29 is 4.74 Å². The van der Waals surface area contributed by atoms with Gasteiger partial charge in [-0.2, -0.15) is 11.8 Å². The summed E-state index contributed by atoms with van der Waals surface area (Å²) in [6.45, 7) is 6.62.